The predicted molar refractivity (Wildman–Crippen MR) is 98.0 cm³/mol. The van der Waals surface area contributed by atoms with Crippen LogP contribution in [0.4, 0.5) is 17.1 Å². The number of benzene rings is 1. The van der Waals surface area contributed by atoms with Crippen LogP contribution in [0.25, 0.3) is 0 Å². The van der Waals surface area contributed by atoms with E-state index in [1.54, 1.807) is 19.3 Å². The molecule has 0 radical (unpaired) electrons. The number of carbonyl (C=O) groups is 1. The predicted octanol–water partition coefficient (Wildman–Crippen LogP) is 2.49. The van der Waals surface area contributed by atoms with Crippen LogP contribution in [0.5, 0.6) is 0 Å². The number of nitrogens with one attached hydrogen (secondary N) is 1. The third kappa shape index (κ3) is 6.01. The van der Waals surface area contributed by atoms with Crippen LogP contribution in [0.1, 0.15) is 13.8 Å². The number of non-ortho nitro benzene ring substituents is 1. The lowest BCUT2D eigenvalue weighted by Crippen LogP contribution is -2.32. The summed E-state index contributed by atoms with van der Waals surface area (Å²) in [6.45, 7) is 4.48. The highest BCUT2D eigenvalue weighted by molar-refractivity contribution is 6.13. The van der Waals surface area contributed by atoms with Gasteiger partial charge in [-0.1, -0.05) is 0 Å². The minimum atomic E-state index is -0.787. The Bertz CT molecular complexity index is 798. The normalized spacial score (nSPS) is 11.7. The molecule has 0 aliphatic carbocycles. The molecule has 1 amide bonds. The molecular formula is C16H19N5O6. The lowest BCUT2D eigenvalue weighted by Gasteiger charge is -2.18. The Kier molecular flexibility index (Phi) is 8.26. The van der Waals surface area contributed by atoms with E-state index >= 15 is 0 Å². The van der Waals surface area contributed by atoms with E-state index in [1.165, 1.54) is 17.1 Å². The summed E-state index contributed by atoms with van der Waals surface area (Å²) in [7, 11) is 0. The van der Waals surface area contributed by atoms with Gasteiger partial charge in [0.15, 0.2) is 0 Å². The highest BCUT2D eigenvalue weighted by Crippen LogP contribution is 2.31. The molecule has 27 heavy (non-hydrogen) atoms. The largest absolute Gasteiger partial charge is 0.339 e. The quantitative estimate of drug-likeness (QED) is 0.220. The maximum atomic E-state index is 12.5. The number of rotatable bonds is 9. The SMILES string of the molecule is CCN(CC)C(=O)/C(C=Nc1ccc([N+](=O)[O-])cc1[N+](=O)[O-])=C\C=C\NO. The van der Waals surface area contributed by atoms with Gasteiger partial charge in [0, 0.05) is 31.6 Å². The Morgan fingerprint density at radius 2 is 1.93 bits per heavy atom. The minimum absolute atomic E-state index is 0.109. The molecule has 1 aromatic carbocycles. The molecule has 11 nitrogen and oxygen atoms in total. The van der Waals surface area contributed by atoms with Gasteiger partial charge in [-0.3, -0.25) is 35.7 Å². The van der Waals surface area contributed by atoms with E-state index in [4.69, 9.17) is 5.21 Å². The standard InChI is InChI=1S/C16H19N5O6/c1-3-19(4-2)16(22)12(6-5-9-18-23)11-17-14-8-7-13(20(24)25)10-15(14)21(26)27/h5-11,18,23H,3-4H2,1-2H3/b9-5+,12-6-,17-11?. The summed E-state index contributed by atoms with van der Waals surface area (Å²) < 4.78 is 0. The average Bonchev–Trinajstić information content (AvgIpc) is 2.65. The molecule has 0 saturated carbocycles. The monoisotopic (exact) mass is 377 g/mol. The first-order valence-electron chi connectivity index (χ1n) is 7.88. The molecule has 144 valence electrons. The highest BCUT2D eigenvalue weighted by Gasteiger charge is 2.19. The third-order valence-corrected chi connectivity index (χ3v) is 3.45. The topological polar surface area (TPSA) is 151 Å². The number of nitro benzene ring substituents is 2. The van der Waals surface area contributed by atoms with Gasteiger partial charge in [-0.2, -0.15) is 0 Å². The zero-order valence-corrected chi connectivity index (χ0v) is 14.7. The Labute approximate surface area is 154 Å². The number of carbonyl (C=O) groups excluding carboxylic acids is 1. The molecule has 1 rings (SSSR count). The fourth-order valence-corrected chi connectivity index (χ4v) is 2.08. The highest BCUT2D eigenvalue weighted by atomic mass is 16.6. The summed E-state index contributed by atoms with van der Waals surface area (Å²) in [5.41, 5.74) is 0.773. The van der Waals surface area contributed by atoms with Crippen LogP contribution in [-0.2, 0) is 4.79 Å². The van der Waals surface area contributed by atoms with Crippen molar-refractivity contribution in [2.75, 3.05) is 13.1 Å². The van der Waals surface area contributed by atoms with Gasteiger partial charge in [-0.15, -0.1) is 0 Å². The van der Waals surface area contributed by atoms with E-state index in [0.717, 1.165) is 30.6 Å². The van der Waals surface area contributed by atoms with E-state index in [0.29, 0.717) is 13.1 Å². The number of nitro groups is 2. The minimum Gasteiger partial charge on any atom is -0.339 e. The number of aliphatic imine (C=N–C) groups is 1. The van der Waals surface area contributed by atoms with Gasteiger partial charge >= 0.3 is 5.69 Å². The van der Waals surface area contributed by atoms with Gasteiger partial charge in [-0.25, -0.2) is 4.99 Å². The summed E-state index contributed by atoms with van der Waals surface area (Å²) in [5.74, 6) is -0.365. The number of amides is 1. The van der Waals surface area contributed by atoms with Crippen LogP contribution in [-0.4, -0.2) is 45.2 Å². The number of allylic oxidation sites excluding steroid dienone is 2. The molecule has 11 heteroatoms. The number of nitrogens with zero attached hydrogens (tertiary/aromatic N) is 4. The molecule has 0 aliphatic rings. The van der Waals surface area contributed by atoms with Crippen molar-refractivity contribution in [3.05, 3.63) is 62.4 Å². The van der Waals surface area contributed by atoms with E-state index < -0.39 is 21.2 Å². The van der Waals surface area contributed by atoms with Crippen molar-refractivity contribution >= 4 is 29.2 Å². The maximum Gasteiger partial charge on any atom is 0.301 e. The summed E-state index contributed by atoms with van der Waals surface area (Å²) in [6.07, 6.45) is 5.02. The zero-order chi connectivity index (χ0) is 20.4. The number of hydrogen-bond acceptors (Lipinski definition) is 8. The second-order valence-electron chi connectivity index (χ2n) is 5.03. The fourth-order valence-electron chi connectivity index (χ4n) is 2.08. The van der Waals surface area contributed by atoms with Crippen molar-refractivity contribution in [2.45, 2.75) is 13.8 Å². The first-order chi connectivity index (χ1) is 12.8. The average molecular weight is 377 g/mol. The van der Waals surface area contributed by atoms with Crippen LogP contribution in [0.15, 0.2) is 47.1 Å². The van der Waals surface area contributed by atoms with Crippen LogP contribution in [0.3, 0.4) is 0 Å². The van der Waals surface area contributed by atoms with Crippen molar-refractivity contribution in [1.82, 2.24) is 10.4 Å². The van der Waals surface area contributed by atoms with Gasteiger partial charge in [0.1, 0.15) is 5.69 Å². The Morgan fingerprint density at radius 3 is 2.44 bits per heavy atom. The van der Waals surface area contributed by atoms with Crippen molar-refractivity contribution in [3.8, 4) is 0 Å². The zero-order valence-electron chi connectivity index (χ0n) is 14.7. The maximum absolute atomic E-state index is 12.5. The molecule has 0 atom stereocenters. The first-order valence-corrected chi connectivity index (χ1v) is 7.88. The Hall–Kier alpha value is -3.60. The van der Waals surface area contributed by atoms with Crippen molar-refractivity contribution in [2.24, 2.45) is 4.99 Å². The lowest BCUT2D eigenvalue weighted by molar-refractivity contribution is -0.393. The number of hydrogen-bond donors (Lipinski definition) is 2. The van der Waals surface area contributed by atoms with E-state index in [-0.39, 0.29) is 17.2 Å². The van der Waals surface area contributed by atoms with Crippen LogP contribution in [0.2, 0.25) is 0 Å². The molecular weight excluding hydrogens is 358 g/mol. The van der Waals surface area contributed by atoms with Crippen LogP contribution < -0.4 is 5.48 Å². The molecule has 2 N–H and O–H groups in total. The van der Waals surface area contributed by atoms with Crippen molar-refractivity contribution < 1.29 is 19.8 Å². The number of likely N-dealkylation sites (N-methyl/N-ethyl adjacent to an activating group) is 1. The second kappa shape index (κ2) is 10.4. The molecule has 1 aromatic rings. The van der Waals surface area contributed by atoms with Crippen molar-refractivity contribution in [3.63, 3.8) is 0 Å². The molecule has 0 aliphatic heterocycles. The summed E-state index contributed by atoms with van der Waals surface area (Å²) in [6, 6.07) is 3.03. The van der Waals surface area contributed by atoms with E-state index in [1.807, 2.05) is 0 Å². The van der Waals surface area contributed by atoms with Gasteiger partial charge in [0.2, 0.25) is 0 Å². The third-order valence-electron chi connectivity index (χ3n) is 3.45. The molecule has 0 fully saturated rings. The summed E-state index contributed by atoms with van der Waals surface area (Å²) in [4.78, 5) is 38.4. The van der Waals surface area contributed by atoms with E-state index in [2.05, 4.69) is 4.99 Å². The number of hydroxylamine groups is 1. The molecule has 0 heterocycles. The van der Waals surface area contributed by atoms with Crippen LogP contribution >= 0.6 is 0 Å². The van der Waals surface area contributed by atoms with Crippen molar-refractivity contribution in [1.29, 1.82) is 0 Å². The molecule has 0 bridgehead atoms. The molecule has 0 saturated heterocycles. The smallest absolute Gasteiger partial charge is 0.301 e. The van der Waals surface area contributed by atoms with E-state index in [9.17, 15) is 25.0 Å². The summed E-state index contributed by atoms with van der Waals surface area (Å²) >= 11 is 0. The molecule has 0 unspecified atom stereocenters. The molecule has 0 aromatic heterocycles. The van der Waals surface area contributed by atoms with Gasteiger partial charge in [0.05, 0.1) is 21.5 Å². The second-order valence-corrected chi connectivity index (χ2v) is 5.03. The van der Waals surface area contributed by atoms with Crippen LogP contribution in [0, 0.1) is 20.2 Å². The Balaban J connectivity index is 3.32. The van der Waals surface area contributed by atoms with Gasteiger partial charge in [0.25, 0.3) is 11.6 Å². The summed E-state index contributed by atoms with van der Waals surface area (Å²) in [5, 5.41) is 30.5. The van der Waals surface area contributed by atoms with Gasteiger partial charge < -0.3 is 4.90 Å². The first kappa shape index (κ1) is 21.4. The fraction of sp³-hybridized carbons (Fsp3) is 0.250. The Morgan fingerprint density at radius 1 is 1.26 bits per heavy atom. The van der Waals surface area contributed by atoms with Gasteiger partial charge in [-0.05, 0) is 32.1 Å². The lowest BCUT2D eigenvalue weighted by atomic mass is 10.2. The molecule has 0 spiro atoms.